The van der Waals surface area contributed by atoms with Crippen molar-refractivity contribution in [3.63, 3.8) is 0 Å². The van der Waals surface area contributed by atoms with Crippen molar-refractivity contribution in [2.45, 2.75) is 0 Å². The fourth-order valence-electron chi connectivity index (χ4n) is 1.80. The second kappa shape index (κ2) is 6.66. The van der Waals surface area contributed by atoms with E-state index >= 15 is 0 Å². The summed E-state index contributed by atoms with van der Waals surface area (Å²) in [5, 5.41) is 13.5. The second-order valence-corrected chi connectivity index (χ2v) is 5.47. The van der Waals surface area contributed by atoms with Crippen LogP contribution in [0.4, 0.5) is 31.9 Å². The van der Waals surface area contributed by atoms with E-state index in [-0.39, 0.29) is 5.95 Å². The van der Waals surface area contributed by atoms with Crippen LogP contribution in [0, 0.1) is 11.6 Å². The largest absolute Gasteiger partial charge is 0.339 e. The summed E-state index contributed by atoms with van der Waals surface area (Å²) in [6.45, 7) is 0. The maximum Gasteiger partial charge on any atom is 0.249 e. The van der Waals surface area contributed by atoms with E-state index in [2.05, 4.69) is 41.7 Å². The first-order valence-electron chi connectivity index (χ1n) is 6.54. The molecule has 1 heterocycles. The molecule has 2 N–H and O–H groups in total. The smallest absolute Gasteiger partial charge is 0.249 e. The van der Waals surface area contributed by atoms with Gasteiger partial charge in [-0.15, -0.1) is 5.10 Å². The molecule has 3 aromatic rings. The molecular formula is C15H10BrF2N5. The van der Waals surface area contributed by atoms with Gasteiger partial charge in [0.1, 0.15) is 0 Å². The summed E-state index contributed by atoms with van der Waals surface area (Å²) in [5.74, 6) is -1.22. The van der Waals surface area contributed by atoms with Crippen LogP contribution in [0.3, 0.4) is 0 Å². The van der Waals surface area contributed by atoms with Crippen LogP contribution in [-0.4, -0.2) is 15.2 Å². The molecule has 0 fully saturated rings. The number of benzene rings is 2. The summed E-state index contributed by atoms with van der Waals surface area (Å²) in [6.07, 6.45) is 1.38. The lowest BCUT2D eigenvalue weighted by atomic mass is 10.3. The molecule has 5 nitrogen and oxygen atoms in total. The lowest BCUT2D eigenvalue weighted by molar-refractivity contribution is 0.509. The molecule has 116 valence electrons. The van der Waals surface area contributed by atoms with Crippen LogP contribution < -0.4 is 10.6 Å². The molecule has 0 spiro atoms. The van der Waals surface area contributed by atoms with Gasteiger partial charge in [-0.05, 0) is 36.4 Å². The molecule has 1 aromatic heterocycles. The van der Waals surface area contributed by atoms with Gasteiger partial charge in [-0.25, -0.2) is 8.78 Å². The Morgan fingerprint density at radius 2 is 1.61 bits per heavy atom. The number of halogens is 3. The summed E-state index contributed by atoms with van der Waals surface area (Å²) in [4.78, 5) is 4.21. The predicted octanol–water partition coefficient (Wildman–Crippen LogP) is 4.40. The van der Waals surface area contributed by atoms with Crippen LogP contribution in [-0.2, 0) is 0 Å². The fraction of sp³-hybridized carbons (Fsp3) is 0. The summed E-state index contributed by atoms with van der Waals surface area (Å²) >= 11 is 3.35. The fourth-order valence-corrected chi connectivity index (χ4v) is 2.07. The van der Waals surface area contributed by atoms with Crippen LogP contribution in [0.5, 0.6) is 0 Å². The van der Waals surface area contributed by atoms with Crippen LogP contribution >= 0.6 is 15.9 Å². The minimum Gasteiger partial charge on any atom is -0.339 e. The first-order valence-corrected chi connectivity index (χ1v) is 7.34. The Kier molecular flexibility index (Phi) is 4.42. The molecule has 23 heavy (non-hydrogen) atoms. The molecule has 3 rings (SSSR count). The molecule has 0 bridgehead atoms. The quantitative estimate of drug-likeness (QED) is 0.705. The zero-order valence-electron chi connectivity index (χ0n) is 11.6. The number of aromatic nitrogens is 3. The van der Waals surface area contributed by atoms with Crippen LogP contribution in [0.15, 0.2) is 53.1 Å². The van der Waals surface area contributed by atoms with Crippen molar-refractivity contribution in [1.82, 2.24) is 15.2 Å². The molecule has 2 aromatic carbocycles. The lowest BCUT2D eigenvalue weighted by Crippen LogP contribution is -2.02. The minimum absolute atomic E-state index is 0.278. The van der Waals surface area contributed by atoms with Gasteiger partial charge < -0.3 is 10.6 Å². The van der Waals surface area contributed by atoms with Crippen LogP contribution in [0.2, 0.25) is 0 Å². The maximum atomic E-state index is 13.2. The Hall–Kier alpha value is -2.61. The monoisotopic (exact) mass is 377 g/mol. The van der Waals surface area contributed by atoms with Crippen molar-refractivity contribution >= 4 is 39.1 Å². The van der Waals surface area contributed by atoms with E-state index in [1.54, 1.807) is 0 Å². The zero-order chi connectivity index (χ0) is 16.2. The van der Waals surface area contributed by atoms with Crippen molar-refractivity contribution in [3.05, 3.63) is 64.8 Å². The van der Waals surface area contributed by atoms with Gasteiger partial charge in [0.2, 0.25) is 5.95 Å². The summed E-state index contributed by atoms with van der Waals surface area (Å²) in [7, 11) is 0. The second-order valence-electron chi connectivity index (χ2n) is 4.55. The third-order valence-electron chi connectivity index (χ3n) is 2.85. The molecule has 0 aliphatic carbocycles. The molecule has 0 atom stereocenters. The van der Waals surface area contributed by atoms with E-state index in [4.69, 9.17) is 0 Å². The molecule has 0 saturated heterocycles. The van der Waals surface area contributed by atoms with Crippen molar-refractivity contribution in [3.8, 4) is 0 Å². The highest BCUT2D eigenvalue weighted by Gasteiger charge is 2.05. The number of rotatable bonds is 4. The lowest BCUT2D eigenvalue weighted by Gasteiger charge is -2.08. The Morgan fingerprint density at radius 1 is 0.870 bits per heavy atom. The predicted molar refractivity (Wildman–Crippen MR) is 86.9 cm³/mol. The zero-order valence-corrected chi connectivity index (χ0v) is 13.2. The molecule has 0 aliphatic heterocycles. The molecule has 0 saturated carbocycles. The first-order chi connectivity index (χ1) is 11.1. The van der Waals surface area contributed by atoms with Gasteiger partial charge in [0.15, 0.2) is 17.5 Å². The highest BCUT2D eigenvalue weighted by atomic mass is 79.9. The Morgan fingerprint density at radius 3 is 2.35 bits per heavy atom. The number of anilines is 4. The third-order valence-corrected chi connectivity index (χ3v) is 3.38. The van der Waals surface area contributed by atoms with E-state index in [0.717, 1.165) is 22.3 Å². The van der Waals surface area contributed by atoms with Gasteiger partial charge in [0, 0.05) is 21.9 Å². The standard InChI is InChI=1S/C15H10BrF2N5/c16-9-1-3-10(4-2-9)21-15-22-14(8-19-23-15)20-11-5-6-12(17)13(18)7-11/h1-8H,(H2,20,21,22,23). The highest BCUT2D eigenvalue weighted by molar-refractivity contribution is 9.10. The highest BCUT2D eigenvalue weighted by Crippen LogP contribution is 2.19. The van der Waals surface area contributed by atoms with Crippen molar-refractivity contribution in [2.24, 2.45) is 0 Å². The summed E-state index contributed by atoms with van der Waals surface area (Å²) in [6, 6.07) is 10.9. The van der Waals surface area contributed by atoms with Gasteiger partial charge in [0.05, 0.1) is 6.20 Å². The molecule has 0 aliphatic rings. The minimum atomic E-state index is -0.940. The Balaban J connectivity index is 1.76. The molecular weight excluding hydrogens is 368 g/mol. The molecule has 0 radical (unpaired) electrons. The van der Waals surface area contributed by atoms with E-state index in [0.29, 0.717) is 11.5 Å². The van der Waals surface area contributed by atoms with E-state index in [9.17, 15) is 8.78 Å². The molecule has 8 heteroatoms. The Bertz CT molecular complexity index is 826. The Labute approximate surface area is 138 Å². The molecule has 0 amide bonds. The van der Waals surface area contributed by atoms with Gasteiger partial charge >= 0.3 is 0 Å². The number of hydrogen-bond acceptors (Lipinski definition) is 5. The number of nitrogens with one attached hydrogen (secondary N) is 2. The molecule has 0 unspecified atom stereocenters. The average molecular weight is 378 g/mol. The van der Waals surface area contributed by atoms with Crippen molar-refractivity contribution in [1.29, 1.82) is 0 Å². The van der Waals surface area contributed by atoms with E-state index in [1.165, 1.54) is 12.3 Å². The number of hydrogen-bond donors (Lipinski definition) is 2. The van der Waals surface area contributed by atoms with Crippen molar-refractivity contribution < 1.29 is 8.78 Å². The van der Waals surface area contributed by atoms with Crippen molar-refractivity contribution in [2.75, 3.05) is 10.6 Å². The SMILES string of the molecule is Fc1ccc(Nc2cnnc(Nc3ccc(Br)cc3)n2)cc1F. The van der Waals surface area contributed by atoms with E-state index < -0.39 is 11.6 Å². The number of nitrogens with zero attached hydrogens (tertiary/aromatic N) is 3. The van der Waals surface area contributed by atoms with Crippen LogP contribution in [0.1, 0.15) is 0 Å². The summed E-state index contributed by atoms with van der Waals surface area (Å²) < 4.78 is 27.1. The summed E-state index contributed by atoms with van der Waals surface area (Å²) in [5.41, 5.74) is 1.15. The van der Waals surface area contributed by atoms with Gasteiger partial charge in [-0.1, -0.05) is 15.9 Å². The average Bonchev–Trinajstić information content (AvgIpc) is 2.54. The third kappa shape index (κ3) is 3.98. The maximum absolute atomic E-state index is 13.2. The van der Waals surface area contributed by atoms with Gasteiger partial charge in [-0.2, -0.15) is 10.1 Å². The van der Waals surface area contributed by atoms with Crippen LogP contribution in [0.25, 0.3) is 0 Å². The first kappa shape index (κ1) is 15.3. The normalized spacial score (nSPS) is 10.4. The van der Waals surface area contributed by atoms with E-state index in [1.807, 2.05) is 24.3 Å². The van der Waals surface area contributed by atoms with Gasteiger partial charge in [-0.3, -0.25) is 0 Å². The van der Waals surface area contributed by atoms with Gasteiger partial charge in [0.25, 0.3) is 0 Å². The topological polar surface area (TPSA) is 62.7 Å².